The molecule has 8 heteroatoms. The lowest BCUT2D eigenvalue weighted by Gasteiger charge is -2.15. The van der Waals surface area contributed by atoms with E-state index >= 15 is 0 Å². The zero-order valence-corrected chi connectivity index (χ0v) is 17.0. The van der Waals surface area contributed by atoms with E-state index in [1.54, 1.807) is 31.0 Å². The van der Waals surface area contributed by atoms with Crippen molar-refractivity contribution in [3.05, 3.63) is 46.6 Å². The normalized spacial score (nSPS) is 15.4. The Morgan fingerprint density at radius 2 is 2.00 bits per heavy atom. The van der Waals surface area contributed by atoms with Crippen molar-refractivity contribution in [3.63, 3.8) is 0 Å². The third-order valence-electron chi connectivity index (χ3n) is 4.03. The third-order valence-corrected chi connectivity index (χ3v) is 7.40. The highest BCUT2D eigenvalue weighted by Gasteiger charge is 2.27. The molecule has 0 amide bonds. The number of nitrogens with zero attached hydrogens (tertiary/aromatic N) is 2. The number of ether oxygens (including phenoxy) is 1. The lowest BCUT2D eigenvalue weighted by molar-refractivity contribution is 0.411. The van der Waals surface area contributed by atoms with E-state index in [0.29, 0.717) is 18.8 Å². The van der Waals surface area contributed by atoms with Crippen LogP contribution in [0.2, 0.25) is 0 Å². The number of methoxy groups -OCH3 is 1. The number of rotatable bonds is 6. The highest BCUT2D eigenvalue weighted by Crippen LogP contribution is 2.30. The molecule has 134 valence electrons. The fourth-order valence-electron chi connectivity index (χ4n) is 2.69. The second kappa shape index (κ2) is 8.07. The second-order valence-corrected chi connectivity index (χ2v) is 9.54. The van der Waals surface area contributed by atoms with Gasteiger partial charge < -0.3 is 4.74 Å². The topological polar surface area (TPSA) is 59.5 Å². The maximum Gasteiger partial charge on any atom is 0.244 e. The van der Waals surface area contributed by atoms with Crippen molar-refractivity contribution in [2.24, 2.45) is 0 Å². The minimum absolute atomic E-state index is 0.263. The van der Waals surface area contributed by atoms with Crippen molar-refractivity contribution in [2.45, 2.75) is 28.5 Å². The van der Waals surface area contributed by atoms with Gasteiger partial charge in [0.2, 0.25) is 10.0 Å². The number of sulfonamides is 1. The summed E-state index contributed by atoms with van der Waals surface area (Å²) in [6.07, 6.45) is 3.30. The Morgan fingerprint density at radius 3 is 2.64 bits per heavy atom. The number of thioether (sulfide) groups is 1. The molecule has 1 aromatic heterocycles. The summed E-state index contributed by atoms with van der Waals surface area (Å²) in [5, 5.41) is 0.780. The predicted molar refractivity (Wildman–Crippen MR) is 102 cm³/mol. The van der Waals surface area contributed by atoms with E-state index in [0.717, 1.165) is 33.7 Å². The van der Waals surface area contributed by atoms with Gasteiger partial charge in [0.1, 0.15) is 10.6 Å². The Morgan fingerprint density at radius 1 is 1.24 bits per heavy atom. The molecule has 0 bridgehead atoms. The van der Waals surface area contributed by atoms with Crippen molar-refractivity contribution in [1.29, 1.82) is 0 Å². The first-order valence-electron chi connectivity index (χ1n) is 7.92. The zero-order chi connectivity index (χ0) is 17.9. The Kier molecular flexibility index (Phi) is 6.04. The van der Waals surface area contributed by atoms with Crippen molar-refractivity contribution >= 4 is 37.7 Å². The smallest absolute Gasteiger partial charge is 0.244 e. The number of hydrogen-bond acceptors (Lipinski definition) is 5. The number of benzene rings is 1. The molecule has 2 aromatic rings. The van der Waals surface area contributed by atoms with Crippen LogP contribution in [0.1, 0.15) is 18.4 Å². The van der Waals surface area contributed by atoms with Gasteiger partial charge in [-0.25, -0.2) is 13.4 Å². The van der Waals surface area contributed by atoms with Crippen molar-refractivity contribution in [1.82, 2.24) is 9.29 Å². The molecular formula is C17H19BrN2O3S2. The lowest BCUT2D eigenvalue weighted by Crippen LogP contribution is -2.27. The first-order valence-corrected chi connectivity index (χ1v) is 11.1. The van der Waals surface area contributed by atoms with E-state index in [1.807, 2.05) is 18.2 Å². The van der Waals surface area contributed by atoms with Crippen molar-refractivity contribution in [2.75, 3.05) is 20.2 Å². The van der Waals surface area contributed by atoms with Crippen LogP contribution in [0.15, 0.2) is 50.9 Å². The van der Waals surface area contributed by atoms with Gasteiger partial charge in [0, 0.05) is 35.1 Å². The molecule has 0 atom stereocenters. The van der Waals surface area contributed by atoms with E-state index in [9.17, 15) is 8.42 Å². The molecule has 25 heavy (non-hydrogen) atoms. The van der Waals surface area contributed by atoms with E-state index < -0.39 is 10.0 Å². The van der Waals surface area contributed by atoms with E-state index in [4.69, 9.17) is 4.74 Å². The molecule has 0 spiro atoms. The molecule has 1 aliphatic rings. The number of hydrogen-bond donors (Lipinski definition) is 0. The number of halogens is 1. The predicted octanol–water partition coefficient (Wildman–Crippen LogP) is 3.93. The van der Waals surface area contributed by atoms with Gasteiger partial charge in [-0.1, -0.05) is 15.9 Å². The van der Waals surface area contributed by atoms with Gasteiger partial charge in [-0.2, -0.15) is 4.31 Å². The Hall–Kier alpha value is -1.09. The highest BCUT2D eigenvalue weighted by atomic mass is 79.9. The third kappa shape index (κ3) is 4.36. The van der Waals surface area contributed by atoms with Crippen LogP contribution in [0, 0.1) is 0 Å². The van der Waals surface area contributed by atoms with Gasteiger partial charge in [0.05, 0.1) is 12.1 Å². The molecule has 3 rings (SSSR count). The molecule has 1 saturated heterocycles. The Labute approximate surface area is 161 Å². The SMILES string of the molecule is COc1ccc(Br)cc1CSc1ccc(S(=O)(=O)N2CCCC2)cn1. The standard InChI is InChI=1S/C17H19BrN2O3S2/c1-23-16-6-4-14(18)10-13(16)12-24-17-7-5-15(11-19-17)25(21,22)20-8-2-3-9-20/h4-7,10-11H,2-3,8-9,12H2,1H3. The maximum atomic E-state index is 12.5. The first kappa shape index (κ1) is 18.7. The van der Waals surface area contributed by atoms with Gasteiger partial charge >= 0.3 is 0 Å². The molecule has 1 fully saturated rings. The molecule has 0 aliphatic carbocycles. The molecule has 1 aromatic carbocycles. The zero-order valence-electron chi connectivity index (χ0n) is 13.8. The summed E-state index contributed by atoms with van der Waals surface area (Å²) < 4.78 is 32.9. The summed E-state index contributed by atoms with van der Waals surface area (Å²) in [5.41, 5.74) is 1.05. The summed E-state index contributed by atoms with van der Waals surface area (Å²) in [4.78, 5) is 4.58. The Bertz CT molecular complexity index is 835. The minimum Gasteiger partial charge on any atom is -0.496 e. The first-order chi connectivity index (χ1) is 12.0. The highest BCUT2D eigenvalue weighted by molar-refractivity contribution is 9.10. The van der Waals surface area contributed by atoms with Crippen LogP contribution in [0.25, 0.3) is 0 Å². The molecule has 0 saturated carbocycles. The van der Waals surface area contributed by atoms with Crippen LogP contribution in [-0.4, -0.2) is 37.9 Å². The minimum atomic E-state index is -3.40. The summed E-state index contributed by atoms with van der Waals surface area (Å²) in [5.74, 6) is 1.51. The maximum absolute atomic E-state index is 12.5. The van der Waals surface area contributed by atoms with Crippen LogP contribution in [0.5, 0.6) is 5.75 Å². The van der Waals surface area contributed by atoms with Crippen LogP contribution in [-0.2, 0) is 15.8 Å². The average Bonchev–Trinajstić information content (AvgIpc) is 3.16. The van der Waals surface area contributed by atoms with E-state index in [-0.39, 0.29) is 4.90 Å². The summed E-state index contributed by atoms with van der Waals surface area (Å²) >= 11 is 5.01. The molecule has 0 unspecified atom stereocenters. The van der Waals surface area contributed by atoms with Gasteiger partial charge in [0.15, 0.2) is 0 Å². The quantitative estimate of drug-likeness (QED) is 0.634. The summed E-state index contributed by atoms with van der Waals surface area (Å²) in [6.45, 7) is 1.20. The van der Waals surface area contributed by atoms with E-state index in [1.165, 1.54) is 10.5 Å². The number of aromatic nitrogens is 1. The summed E-state index contributed by atoms with van der Waals surface area (Å²) in [6, 6.07) is 9.26. The average molecular weight is 443 g/mol. The van der Waals surface area contributed by atoms with Crippen molar-refractivity contribution in [3.8, 4) is 5.75 Å². The van der Waals surface area contributed by atoms with Gasteiger partial charge in [-0.15, -0.1) is 11.8 Å². The molecule has 2 heterocycles. The van der Waals surface area contributed by atoms with Crippen LogP contribution >= 0.6 is 27.7 Å². The number of pyridine rings is 1. The fraction of sp³-hybridized carbons (Fsp3) is 0.353. The molecule has 1 aliphatic heterocycles. The van der Waals surface area contributed by atoms with Gasteiger partial charge in [0.25, 0.3) is 0 Å². The fourth-order valence-corrected chi connectivity index (χ4v) is 5.39. The van der Waals surface area contributed by atoms with E-state index in [2.05, 4.69) is 20.9 Å². The molecule has 5 nitrogen and oxygen atoms in total. The second-order valence-electron chi connectivity index (χ2n) is 5.69. The summed E-state index contributed by atoms with van der Waals surface area (Å²) in [7, 11) is -1.76. The molecule has 0 N–H and O–H groups in total. The Balaban J connectivity index is 1.70. The van der Waals surface area contributed by atoms with Gasteiger partial charge in [-0.3, -0.25) is 0 Å². The van der Waals surface area contributed by atoms with Crippen molar-refractivity contribution < 1.29 is 13.2 Å². The van der Waals surface area contributed by atoms with Crippen LogP contribution in [0.3, 0.4) is 0 Å². The van der Waals surface area contributed by atoms with Crippen LogP contribution < -0.4 is 4.74 Å². The molecular weight excluding hydrogens is 424 g/mol. The molecule has 0 radical (unpaired) electrons. The monoisotopic (exact) mass is 442 g/mol. The lowest BCUT2D eigenvalue weighted by atomic mass is 10.2. The van der Waals surface area contributed by atoms with Gasteiger partial charge in [-0.05, 0) is 43.2 Å². The van der Waals surface area contributed by atoms with Crippen LogP contribution in [0.4, 0.5) is 0 Å². The largest absolute Gasteiger partial charge is 0.496 e.